The van der Waals surface area contributed by atoms with E-state index >= 15 is 0 Å². The number of nitrogens with zero attached hydrogens (tertiary/aromatic N) is 1. The fourth-order valence-electron chi connectivity index (χ4n) is 1.60. The maximum absolute atomic E-state index is 12.5. The Morgan fingerprint density at radius 1 is 1.21 bits per heavy atom. The molecule has 0 amide bonds. The zero-order valence-electron chi connectivity index (χ0n) is 12.1. The molecule has 128 valence electrons. The van der Waals surface area contributed by atoms with E-state index in [9.17, 15) is 18.0 Å². The molecule has 1 atom stereocenters. The van der Waals surface area contributed by atoms with Gasteiger partial charge in [0.15, 0.2) is 6.10 Å². The predicted molar refractivity (Wildman–Crippen MR) is 81.7 cm³/mol. The quantitative estimate of drug-likeness (QED) is 0.679. The van der Waals surface area contributed by atoms with Gasteiger partial charge in [0, 0.05) is 6.20 Å². The molecule has 0 bridgehead atoms. The smallest absolute Gasteiger partial charge is 0.417 e. The van der Waals surface area contributed by atoms with Crippen molar-refractivity contribution in [2.24, 2.45) is 0 Å². The monoisotopic (exact) mass is 379 g/mol. The summed E-state index contributed by atoms with van der Waals surface area (Å²) in [6.45, 7) is 1.49. The molecular formula is C15H10Cl2F3NO3. The van der Waals surface area contributed by atoms with E-state index < -0.39 is 23.1 Å². The largest absolute Gasteiger partial charge is 0.482 e. The Morgan fingerprint density at radius 2 is 1.79 bits per heavy atom. The van der Waals surface area contributed by atoms with Crippen molar-refractivity contribution in [1.29, 1.82) is 0 Å². The molecule has 1 aromatic heterocycles. The maximum Gasteiger partial charge on any atom is 0.417 e. The molecule has 1 heterocycles. The van der Waals surface area contributed by atoms with Gasteiger partial charge in [0.1, 0.15) is 16.5 Å². The molecule has 0 aliphatic heterocycles. The zero-order chi connectivity index (χ0) is 17.9. The highest BCUT2D eigenvalue weighted by Gasteiger charge is 2.31. The average Bonchev–Trinajstić information content (AvgIpc) is 2.50. The fourth-order valence-corrected chi connectivity index (χ4v) is 1.85. The third-order valence-electron chi connectivity index (χ3n) is 2.81. The van der Waals surface area contributed by atoms with Crippen molar-refractivity contribution in [1.82, 2.24) is 4.98 Å². The summed E-state index contributed by atoms with van der Waals surface area (Å²) in [4.78, 5) is 14.5. The third-order valence-corrected chi connectivity index (χ3v) is 3.38. The van der Waals surface area contributed by atoms with E-state index in [2.05, 4.69) is 4.98 Å². The molecule has 4 nitrogen and oxygen atoms in total. The Bertz CT molecular complexity index is 736. The van der Waals surface area contributed by atoms with Crippen LogP contribution in [0.4, 0.5) is 13.2 Å². The lowest BCUT2D eigenvalue weighted by Gasteiger charge is -2.12. The minimum Gasteiger partial charge on any atom is -0.482 e. The van der Waals surface area contributed by atoms with E-state index in [1.165, 1.54) is 31.2 Å². The van der Waals surface area contributed by atoms with Crippen LogP contribution in [0.5, 0.6) is 17.4 Å². The Kier molecular flexibility index (Phi) is 5.56. The van der Waals surface area contributed by atoms with E-state index in [4.69, 9.17) is 32.7 Å². The van der Waals surface area contributed by atoms with Gasteiger partial charge in [-0.25, -0.2) is 4.98 Å². The zero-order valence-corrected chi connectivity index (χ0v) is 13.6. The molecule has 2 aromatic rings. The standard InChI is InChI=1S/C15H10Cl2F3NO3/c1-8(13(17)22)23-10-2-4-11(5-3-10)24-14-12(16)6-9(7-21-14)15(18,19)20/h2-8H,1H3. The number of aromatic nitrogens is 1. The third kappa shape index (κ3) is 4.75. The average molecular weight is 380 g/mol. The van der Waals surface area contributed by atoms with Crippen molar-refractivity contribution < 1.29 is 27.4 Å². The maximum atomic E-state index is 12.5. The van der Waals surface area contributed by atoms with Gasteiger partial charge in [-0.3, -0.25) is 4.79 Å². The van der Waals surface area contributed by atoms with Crippen molar-refractivity contribution in [3.8, 4) is 17.4 Å². The SMILES string of the molecule is CC(Oc1ccc(Oc2ncc(C(F)(F)F)cc2Cl)cc1)C(=O)Cl. The molecule has 0 saturated heterocycles. The first-order valence-electron chi connectivity index (χ1n) is 6.53. The van der Waals surface area contributed by atoms with E-state index in [0.29, 0.717) is 11.9 Å². The molecule has 0 saturated carbocycles. The summed E-state index contributed by atoms with van der Waals surface area (Å²) in [7, 11) is 0. The second-order valence-electron chi connectivity index (χ2n) is 4.65. The number of alkyl halides is 3. The van der Waals surface area contributed by atoms with Gasteiger partial charge in [-0.1, -0.05) is 11.6 Å². The first kappa shape index (κ1) is 18.4. The number of hydrogen-bond donors (Lipinski definition) is 0. The summed E-state index contributed by atoms with van der Waals surface area (Å²) in [5.41, 5.74) is -0.969. The molecular weight excluding hydrogens is 370 g/mol. The van der Waals surface area contributed by atoms with Crippen LogP contribution in [0.2, 0.25) is 5.02 Å². The predicted octanol–water partition coefficient (Wildman–Crippen LogP) is 5.08. The number of carbonyl (C=O) groups excluding carboxylic acids is 1. The number of ether oxygens (including phenoxy) is 2. The van der Waals surface area contributed by atoms with Crippen LogP contribution in [0.1, 0.15) is 12.5 Å². The van der Waals surface area contributed by atoms with Crippen LogP contribution in [0, 0.1) is 0 Å². The van der Waals surface area contributed by atoms with Crippen LogP contribution in [0.3, 0.4) is 0 Å². The lowest BCUT2D eigenvalue weighted by molar-refractivity contribution is -0.137. The summed E-state index contributed by atoms with van der Waals surface area (Å²) < 4.78 is 48.2. The number of hydrogen-bond acceptors (Lipinski definition) is 4. The van der Waals surface area contributed by atoms with Crippen LogP contribution >= 0.6 is 23.2 Å². The van der Waals surface area contributed by atoms with Crippen LogP contribution in [0.25, 0.3) is 0 Å². The molecule has 0 radical (unpaired) electrons. The van der Waals surface area contributed by atoms with Gasteiger partial charge in [0.05, 0.1) is 5.56 Å². The molecule has 0 fully saturated rings. The first-order chi connectivity index (χ1) is 11.2. The Hall–Kier alpha value is -1.99. The highest BCUT2D eigenvalue weighted by molar-refractivity contribution is 6.64. The van der Waals surface area contributed by atoms with E-state index in [0.717, 1.165) is 6.07 Å². The van der Waals surface area contributed by atoms with Crippen LogP contribution < -0.4 is 9.47 Å². The number of pyridine rings is 1. The molecule has 9 heteroatoms. The fraction of sp³-hybridized carbons (Fsp3) is 0.200. The molecule has 1 unspecified atom stereocenters. The highest BCUT2D eigenvalue weighted by atomic mass is 35.5. The second kappa shape index (κ2) is 7.27. The molecule has 0 N–H and O–H groups in total. The first-order valence-corrected chi connectivity index (χ1v) is 7.29. The summed E-state index contributed by atoms with van der Waals surface area (Å²) in [6.07, 6.45) is -4.72. The number of benzene rings is 1. The molecule has 0 aliphatic rings. The molecule has 1 aromatic carbocycles. The van der Waals surface area contributed by atoms with Gasteiger partial charge in [-0.05, 0) is 48.9 Å². The Labute approximate surface area is 145 Å². The summed E-state index contributed by atoms with van der Waals surface area (Å²) in [5, 5.41) is -0.914. The van der Waals surface area contributed by atoms with Crippen LogP contribution in [-0.2, 0) is 11.0 Å². The number of halogens is 5. The highest BCUT2D eigenvalue weighted by Crippen LogP contribution is 2.34. The summed E-state index contributed by atoms with van der Waals surface area (Å²) >= 11 is 11.0. The summed E-state index contributed by atoms with van der Waals surface area (Å²) in [5.74, 6) is 0.485. The van der Waals surface area contributed by atoms with Gasteiger partial charge < -0.3 is 9.47 Å². The van der Waals surface area contributed by atoms with Crippen molar-refractivity contribution in [3.05, 3.63) is 47.1 Å². The van der Waals surface area contributed by atoms with Crippen molar-refractivity contribution in [2.75, 3.05) is 0 Å². The van der Waals surface area contributed by atoms with Gasteiger partial charge in [-0.2, -0.15) is 13.2 Å². The molecule has 2 rings (SSSR count). The van der Waals surface area contributed by atoms with Gasteiger partial charge >= 0.3 is 6.18 Å². The van der Waals surface area contributed by atoms with Crippen LogP contribution in [-0.4, -0.2) is 16.3 Å². The van der Waals surface area contributed by atoms with E-state index in [-0.39, 0.29) is 16.7 Å². The number of carbonyl (C=O) groups is 1. The van der Waals surface area contributed by atoms with Gasteiger partial charge in [0.2, 0.25) is 5.88 Å². The van der Waals surface area contributed by atoms with Crippen molar-refractivity contribution >= 4 is 28.4 Å². The van der Waals surface area contributed by atoms with E-state index in [1.807, 2.05) is 0 Å². The Balaban J connectivity index is 2.10. The lowest BCUT2D eigenvalue weighted by atomic mass is 10.3. The molecule has 0 aliphatic carbocycles. The van der Waals surface area contributed by atoms with Gasteiger partial charge in [-0.15, -0.1) is 0 Å². The topological polar surface area (TPSA) is 48.4 Å². The number of rotatable bonds is 5. The Morgan fingerprint density at radius 3 is 2.29 bits per heavy atom. The van der Waals surface area contributed by atoms with Gasteiger partial charge in [0.25, 0.3) is 5.24 Å². The normalized spacial score (nSPS) is 12.6. The lowest BCUT2D eigenvalue weighted by Crippen LogP contribution is -2.18. The summed E-state index contributed by atoms with van der Waals surface area (Å²) in [6, 6.07) is 6.70. The van der Waals surface area contributed by atoms with Crippen molar-refractivity contribution in [3.63, 3.8) is 0 Å². The van der Waals surface area contributed by atoms with E-state index in [1.54, 1.807) is 0 Å². The minimum absolute atomic E-state index is 0.164. The van der Waals surface area contributed by atoms with Crippen LogP contribution in [0.15, 0.2) is 36.5 Å². The minimum atomic E-state index is -4.54. The molecule has 0 spiro atoms. The van der Waals surface area contributed by atoms with Crippen molar-refractivity contribution in [2.45, 2.75) is 19.2 Å². The molecule has 24 heavy (non-hydrogen) atoms. The second-order valence-corrected chi connectivity index (χ2v) is 5.43.